The Morgan fingerprint density at radius 3 is 0.535 bits per heavy atom. The summed E-state index contributed by atoms with van der Waals surface area (Å²) in [5.74, 6) is 0.843. The van der Waals surface area contributed by atoms with Crippen molar-refractivity contribution in [2.24, 2.45) is 0 Å². The Hall–Kier alpha value is -0.0500. The molecule has 2 nitrogen and oxygen atoms in total. The van der Waals surface area contributed by atoms with Gasteiger partial charge in [-0.25, -0.2) is 8.42 Å². The third-order valence-corrected chi connectivity index (χ3v) is 11.4. The second-order valence-corrected chi connectivity index (χ2v) is 16.5. The van der Waals surface area contributed by atoms with Crippen LogP contribution in [0.2, 0.25) is 0 Å². The lowest BCUT2D eigenvalue weighted by Crippen LogP contribution is -2.11. The smallest absolute Gasteiger partial charge is 0.150 e. The topological polar surface area (TPSA) is 34.1 Å². The second-order valence-electron chi connectivity index (χ2n) is 14.2. The maximum absolute atomic E-state index is 12.4. The fraction of sp³-hybridized carbons (Fsp3) is 1.00. The van der Waals surface area contributed by atoms with Crippen molar-refractivity contribution >= 4 is 9.84 Å². The lowest BCUT2D eigenvalue weighted by Gasteiger charge is -2.06. The van der Waals surface area contributed by atoms with E-state index in [0.29, 0.717) is 11.5 Å². The van der Waals surface area contributed by atoms with E-state index in [1.807, 2.05) is 0 Å². The van der Waals surface area contributed by atoms with Crippen molar-refractivity contribution in [1.82, 2.24) is 0 Å². The van der Waals surface area contributed by atoms with Crippen LogP contribution in [0.4, 0.5) is 0 Å². The molecule has 0 radical (unpaired) electrons. The number of unbranched alkanes of at least 4 members (excludes halogenated alkanes) is 34. The quantitative estimate of drug-likeness (QED) is 0.0639. The van der Waals surface area contributed by atoms with Gasteiger partial charge in [0, 0.05) is 0 Å². The van der Waals surface area contributed by atoms with E-state index in [-0.39, 0.29) is 0 Å². The molecule has 3 heteroatoms. The Morgan fingerprint density at radius 1 is 0.233 bits per heavy atom. The second kappa shape index (κ2) is 36.4. The zero-order valence-corrected chi connectivity index (χ0v) is 30.9. The van der Waals surface area contributed by atoms with Crippen LogP contribution in [0.15, 0.2) is 0 Å². The molecule has 0 aliphatic rings. The van der Waals surface area contributed by atoms with E-state index in [2.05, 4.69) is 13.8 Å². The Morgan fingerprint density at radius 2 is 0.372 bits per heavy atom. The maximum Gasteiger partial charge on any atom is 0.150 e. The summed E-state index contributed by atoms with van der Waals surface area (Å²) in [6.45, 7) is 4.58. The molecule has 0 aromatic heterocycles. The van der Waals surface area contributed by atoms with Gasteiger partial charge >= 0.3 is 0 Å². The summed E-state index contributed by atoms with van der Waals surface area (Å²) >= 11 is 0. The fourth-order valence-electron chi connectivity index (χ4n) is 6.55. The normalized spacial score (nSPS) is 12.0. The van der Waals surface area contributed by atoms with Crippen molar-refractivity contribution in [3.8, 4) is 0 Å². The minimum absolute atomic E-state index is 0.421. The van der Waals surface area contributed by atoms with Gasteiger partial charge in [0.1, 0.15) is 9.84 Å². The monoisotopic (exact) mass is 627 g/mol. The molecule has 0 aliphatic heterocycles. The van der Waals surface area contributed by atoms with Crippen molar-refractivity contribution in [1.29, 1.82) is 0 Å². The van der Waals surface area contributed by atoms with Crippen LogP contribution >= 0.6 is 0 Å². The fourth-order valence-corrected chi connectivity index (χ4v) is 8.04. The summed E-state index contributed by atoms with van der Waals surface area (Å²) in [6, 6.07) is 0. The van der Waals surface area contributed by atoms with Crippen molar-refractivity contribution in [2.75, 3.05) is 11.5 Å². The molecule has 0 aliphatic carbocycles. The van der Waals surface area contributed by atoms with Crippen molar-refractivity contribution in [2.45, 2.75) is 245 Å². The van der Waals surface area contributed by atoms with Gasteiger partial charge in [0.15, 0.2) is 0 Å². The molecule has 0 amide bonds. The number of hydrogen-bond acceptors (Lipinski definition) is 2. The molecule has 0 heterocycles. The van der Waals surface area contributed by atoms with Crippen molar-refractivity contribution < 1.29 is 8.42 Å². The first-order valence-corrected chi connectivity index (χ1v) is 22.1. The predicted octanol–water partition coefficient (Wildman–Crippen LogP) is 14.5. The molecule has 0 saturated carbocycles. The van der Waals surface area contributed by atoms with Gasteiger partial charge in [-0.05, 0) is 12.8 Å². The molecule has 0 atom stereocenters. The third kappa shape index (κ3) is 38.0. The predicted molar refractivity (Wildman–Crippen MR) is 196 cm³/mol. The third-order valence-electron chi connectivity index (χ3n) is 9.62. The standard InChI is InChI=1S/C40H82O2S/c1-3-5-7-9-11-13-15-17-19-21-23-25-27-29-31-33-35-37-39-43(41,42)40-38-36-34-32-30-28-26-24-22-20-18-16-14-12-10-8-6-4-2/h3-40H2,1-2H3. The SMILES string of the molecule is CCCCCCCCCCCCCCCCCCCCS(=O)(=O)CCCCCCCCCCCCCCCCCCCC. The first-order valence-electron chi connectivity index (χ1n) is 20.3. The highest BCUT2D eigenvalue weighted by atomic mass is 32.2. The zero-order chi connectivity index (χ0) is 31.4. The lowest BCUT2D eigenvalue weighted by atomic mass is 10.0. The molecule has 0 saturated heterocycles. The van der Waals surface area contributed by atoms with Crippen molar-refractivity contribution in [3.05, 3.63) is 0 Å². The molecule has 0 aromatic carbocycles. The largest absolute Gasteiger partial charge is 0.229 e. The number of rotatable bonds is 38. The molecule has 0 spiro atoms. The van der Waals surface area contributed by atoms with Gasteiger partial charge in [0.05, 0.1) is 11.5 Å². The first-order chi connectivity index (χ1) is 21.1. The van der Waals surface area contributed by atoms with Gasteiger partial charge < -0.3 is 0 Å². The van der Waals surface area contributed by atoms with E-state index in [4.69, 9.17) is 0 Å². The molecule has 43 heavy (non-hydrogen) atoms. The average Bonchev–Trinajstić information content (AvgIpc) is 3.00. The van der Waals surface area contributed by atoms with Gasteiger partial charge in [-0.15, -0.1) is 0 Å². The Labute approximate surface area is 274 Å². The molecule has 260 valence electrons. The van der Waals surface area contributed by atoms with Gasteiger partial charge in [0.25, 0.3) is 0 Å². The van der Waals surface area contributed by atoms with Gasteiger partial charge in [0.2, 0.25) is 0 Å². The van der Waals surface area contributed by atoms with Crippen LogP contribution in [0.3, 0.4) is 0 Å². The highest BCUT2D eigenvalue weighted by molar-refractivity contribution is 7.91. The first kappa shape index (κ1) is 43.0. The molecule has 0 unspecified atom stereocenters. The summed E-state index contributed by atoms with van der Waals surface area (Å²) < 4.78 is 24.7. The van der Waals surface area contributed by atoms with E-state index in [0.717, 1.165) is 25.7 Å². The van der Waals surface area contributed by atoms with Crippen molar-refractivity contribution in [3.63, 3.8) is 0 Å². The summed E-state index contributed by atoms with van der Waals surface area (Å²) in [5, 5.41) is 0. The van der Waals surface area contributed by atoms with Crippen LogP contribution < -0.4 is 0 Å². The lowest BCUT2D eigenvalue weighted by molar-refractivity contribution is 0.525. The minimum Gasteiger partial charge on any atom is -0.229 e. The van der Waals surface area contributed by atoms with E-state index in [1.54, 1.807) is 0 Å². The zero-order valence-electron chi connectivity index (χ0n) is 30.1. The average molecular weight is 627 g/mol. The molecular formula is C40H82O2S. The summed E-state index contributed by atoms with van der Waals surface area (Å²) in [4.78, 5) is 0. The number of hydrogen-bond donors (Lipinski definition) is 0. The van der Waals surface area contributed by atoms with E-state index in [1.165, 1.54) is 205 Å². The maximum atomic E-state index is 12.4. The number of sulfone groups is 1. The minimum atomic E-state index is -2.83. The summed E-state index contributed by atoms with van der Waals surface area (Å²) in [6.07, 6.45) is 48.6. The molecule has 0 aromatic rings. The van der Waals surface area contributed by atoms with Gasteiger partial charge in [-0.1, -0.05) is 232 Å². The van der Waals surface area contributed by atoms with Crippen LogP contribution in [0, 0.1) is 0 Å². The molecule has 0 fully saturated rings. The van der Waals surface area contributed by atoms with Crippen LogP contribution in [-0.2, 0) is 9.84 Å². The van der Waals surface area contributed by atoms with E-state index >= 15 is 0 Å². The molecule has 0 N–H and O–H groups in total. The molecule has 0 bridgehead atoms. The molecule has 0 rings (SSSR count). The van der Waals surface area contributed by atoms with Crippen LogP contribution in [0.1, 0.15) is 245 Å². The Bertz CT molecular complexity index is 554. The highest BCUT2D eigenvalue weighted by Crippen LogP contribution is 2.16. The van der Waals surface area contributed by atoms with Gasteiger partial charge in [-0.3, -0.25) is 0 Å². The van der Waals surface area contributed by atoms with Crippen LogP contribution in [0.25, 0.3) is 0 Å². The van der Waals surface area contributed by atoms with E-state index < -0.39 is 9.84 Å². The van der Waals surface area contributed by atoms with E-state index in [9.17, 15) is 8.42 Å². The van der Waals surface area contributed by atoms with Gasteiger partial charge in [-0.2, -0.15) is 0 Å². The summed E-state index contributed by atoms with van der Waals surface area (Å²) in [7, 11) is -2.83. The summed E-state index contributed by atoms with van der Waals surface area (Å²) in [5.41, 5.74) is 0. The Balaban J connectivity index is 3.26. The molecular weight excluding hydrogens is 545 g/mol. The Kier molecular flexibility index (Phi) is 36.4. The highest BCUT2D eigenvalue weighted by Gasteiger charge is 2.09. The van der Waals surface area contributed by atoms with Crippen LogP contribution in [0.5, 0.6) is 0 Å². The van der Waals surface area contributed by atoms with Crippen LogP contribution in [-0.4, -0.2) is 19.9 Å².